The van der Waals surface area contributed by atoms with Gasteiger partial charge >= 0.3 is 0 Å². The standard InChI is InChI=1S/C22H24N2O3/c25-21-12-9-17-15-18(10-11-19(17)23-21)27-14-4-8-22(26)24-13-3-6-16-5-1-2-7-20(16)24/h1-2,5,7,10-11,15H,3-4,6,8-9,12-14H2,(H,23,25). The number of ether oxygens (including phenoxy) is 1. The minimum absolute atomic E-state index is 0.0639. The number of carbonyl (C=O) groups is 2. The third-order valence-corrected chi connectivity index (χ3v) is 5.19. The average molecular weight is 364 g/mol. The molecule has 0 saturated carbocycles. The molecule has 0 radical (unpaired) electrons. The van der Waals surface area contributed by atoms with Gasteiger partial charge in [-0.25, -0.2) is 0 Å². The molecule has 0 saturated heterocycles. The van der Waals surface area contributed by atoms with Gasteiger partial charge in [-0.2, -0.15) is 0 Å². The molecule has 2 aliphatic rings. The van der Waals surface area contributed by atoms with E-state index in [-0.39, 0.29) is 11.8 Å². The summed E-state index contributed by atoms with van der Waals surface area (Å²) in [5, 5.41) is 2.87. The Morgan fingerprint density at radius 1 is 1.07 bits per heavy atom. The van der Waals surface area contributed by atoms with Crippen molar-refractivity contribution in [2.75, 3.05) is 23.4 Å². The molecule has 0 atom stereocenters. The van der Waals surface area contributed by atoms with E-state index in [0.29, 0.717) is 25.9 Å². The van der Waals surface area contributed by atoms with Crippen molar-refractivity contribution in [2.24, 2.45) is 0 Å². The Balaban J connectivity index is 1.28. The summed E-state index contributed by atoms with van der Waals surface area (Å²) in [5.74, 6) is 1.02. The number of hydrogen-bond donors (Lipinski definition) is 1. The second-order valence-electron chi connectivity index (χ2n) is 7.10. The van der Waals surface area contributed by atoms with E-state index in [1.807, 2.05) is 41.3 Å². The van der Waals surface area contributed by atoms with Gasteiger partial charge in [0, 0.05) is 30.8 Å². The van der Waals surface area contributed by atoms with Gasteiger partial charge in [-0.1, -0.05) is 18.2 Å². The fourth-order valence-corrected chi connectivity index (χ4v) is 3.79. The highest BCUT2D eigenvalue weighted by molar-refractivity contribution is 5.95. The Morgan fingerprint density at radius 2 is 1.96 bits per heavy atom. The topological polar surface area (TPSA) is 58.6 Å². The van der Waals surface area contributed by atoms with E-state index in [4.69, 9.17) is 4.74 Å². The molecular formula is C22H24N2O3. The summed E-state index contributed by atoms with van der Waals surface area (Å²) in [5.41, 5.74) is 4.30. The summed E-state index contributed by atoms with van der Waals surface area (Å²) < 4.78 is 5.82. The van der Waals surface area contributed by atoms with Gasteiger partial charge in [0.1, 0.15) is 5.75 Å². The van der Waals surface area contributed by atoms with Crippen LogP contribution < -0.4 is 15.0 Å². The summed E-state index contributed by atoms with van der Waals surface area (Å²) in [7, 11) is 0. The number of aryl methyl sites for hydroxylation is 2. The largest absolute Gasteiger partial charge is 0.494 e. The van der Waals surface area contributed by atoms with E-state index in [1.54, 1.807) is 0 Å². The summed E-state index contributed by atoms with van der Waals surface area (Å²) >= 11 is 0. The predicted molar refractivity (Wildman–Crippen MR) is 105 cm³/mol. The molecule has 0 fully saturated rings. The molecule has 2 aromatic rings. The molecule has 0 aliphatic carbocycles. The quantitative estimate of drug-likeness (QED) is 0.823. The summed E-state index contributed by atoms with van der Waals surface area (Å²) in [4.78, 5) is 26.0. The van der Waals surface area contributed by atoms with Gasteiger partial charge < -0.3 is 15.0 Å². The second kappa shape index (κ2) is 7.82. The van der Waals surface area contributed by atoms with Crippen molar-refractivity contribution in [3.8, 4) is 5.75 Å². The van der Waals surface area contributed by atoms with Gasteiger partial charge in [-0.3, -0.25) is 9.59 Å². The van der Waals surface area contributed by atoms with Crippen LogP contribution in [-0.4, -0.2) is 25.0 Å². The van der Waals surface area contributed by atoms with Crippen LogP contribution in [0.3, 0.4) is 0 Å². The lowest BCUT2D eigenvalue weighted by Crippen LogP contribution is -2.35. The molecule has 2 heterocycles. The maximum Gasteiger partial charge on any atom is 0.227 e. The van der Waals surface area contributed by atoms with E-state index < -0.39 is 0 Å². The highest BCUT2D eigenvalue weighted by Gasteiger charge is 2.21. The lowest BCUT2D eigenvalue weighted by Gasteiger charge is -2.29. The molecule has 4 rings (SSSR count). The summed E-state index contributed by atoms with van der Waals surface area (Å²) in [6.45, 7) is 1.31. The number of para-hydroxylation sites is 1. The molecule has 0 spiro atoms. The van der Waals surface area contributed by atoms with Crippen LogP contribution in [0, 0.1) is 0 Å². The van der Waals surface area contributed by atoms with Gasteiger partial charge in [0.15, 0.2) is 0 Å². The molecule has 0 bridgehead atoms. The zero-order valence-corrected chi connectivity index (χ0v) is 15.4. The number of nitrogens with zero attached hydrogens (tertiary/aromatic N) is 1. The molecule has 2 aliphatic heterocycles. The molecule has 27 heavy (non-hydrogen) atoms. The Hall–Kier alpha value is -2.82. The first kappa shape index (κ1) is 17.6. The van der Waals surface area contributed by atoms with Gasteiger partial charge in [0.2, 0.25) is 11.8 Å². The third kappa shape index (κ3) is 3.97. The first-order chi connectivity index (χ1) is 13.2. The van der Waals surface area contributed by atoms with Crippen LogP contribution in [0.1, 0.15) is 36.8 Å². The van der Waals surface area contributed by atoms with Gasteiger partial charge in [-0.05, 0) is 61.1 Å². The van der Waals surface area contributed by atoms with Crippen molar-refractivity contribution >= 4 is 23.2 Å². The van der Waals surface area contributed by atoms with Crippen molar-refractivity contribution in [1.82, 2.24) is 0 Å². The molecule has 1 N–H and O–H groups in total. The molecule has 0 aromatic heterocycles. The lowest BCUT2D eigenvalue weighted by atomic mass is 10.0. The molecule has 5 nitrogen and oxygen atoms in total. The van der Waals surface area contributed by atoms with E-state index in [1.165, 1.54) is 5.56 Å². The zero-order chi connectivity index (χ0) is 18.6. The third-order valence-electron chi connectivity index (χ3n) is 5.19. The fraction of sp³-hybridized carbons (Fsp3) is 0.364. The highest BCUT2D eigenvalue weighted by atomic mass is 16.5. The zero-order valence-electron chi connectivity index (χ0n) is 15.4. The van der Waals surface area contributed by atoms with Crippen LogP contribution in [-0.2, 0) is 22.4 Å². The number of amides is 2. The molecule has 2 amide bonds. The van der Waals surface area contributed by atoms with Crippen molar-refractivity contribution in [3.63, 3.8) is 0 Å². The van der Waals surface area contributed by atoms with Gasteiger partial charge in [0.25, 0.3) is 0 Å². The van der Waals surface area contributed by atoms with E-state index in [2.05, 4.69) is 11.4 Å². The first-order valence-corrected chi connectivity index (χ1v) is 9.64. The number of fused-ring (bicyclic) bond motifs is 2. The molecule has 2 aromatic carbocycles. The summed E-state index contributed by atoms with van der Waals surface area (Å²) in [6, 6.07) is 13.9. The number of hydrogen-bond acceptors (Lipinski definition) is 3. The van der Waals surface area contributed by atoms with E-state index in [9.17, 15) is 9.59 Å². The number of rotatable bonds is 5. The minimum Gasteiger partial charge on any atom is -0.494 e. The van der Waals surface area contributed by atoms with Crippen molar-refractivity contribution in [3.05, 3.63) is 53.6 Å². The minimum atomic E-state index is 0.0639. The van der Waals surface area contributed by atoms with Crippen LogP contribution >= 0.6 is 0 Å². The summed E-state index contributed by atoms with van der Waals surface area (Å²) in [6.07, 6.45) is 4.49. The molecule has 140 valence electrons. The van der Waals surface area contributed by atoms with Crippen LogP contribution in [0.2, 0.25) is 0 Å². The SMILES string of the molecule is O=C1CCc2cc(OCCCC(=O)N3CCCc4ccccc43)ccc2N1. The fourth-order valence-electron chi connectivity index (χ4n) is 3.79. The Bertz CT molecular complexity index is 862. The first-order valence-electron chi connectivity index (χ1n) is 9.64. The van der Waals surface area contributed by atoms with E-state index in [0.717, 1.165) is 48.5 Å². The van der Waals surface area contributed by atoms with E-state index >= 15 is 0 Å². The maximum absolute atomic E-state index is 12.6. The Kier molecular flexibility index (Phi) is 5.10. The van der Waals surface area contributed by atoms with Gasteiger partial charge in [-0.15, -0.1) is 0 Å². The Labute approximate surface area is 159 Å². The molecular weight excluding hydrogens is 340 g/mol. The number of nitrogens with one attached hydrogen (secondary N) is 1. The van der Waals surface area contributed by atoms with Crippen LogP contribution in [0.4, 0.5) is 11.4 Å². The van der Waals surface area contributed by atoms with Crippen LogP contribution in [0.15, 0.2) is 42.5 Å². The smallest absolute Gasteiger partial charge is 0.227 e. The van der Waals surface area contributed by atoms with Crippen molar-refractivity contribution in [2.45, 2.75) is 38.5 Å². The highest BCUT2D eigenvalue weighted by Crippen LogP contribution is 2.28. The second-order valence-corrected chi connectivity index (χ2v) is 7.10. The monoisotopic (exact) mass is 364 g/mol. The lowest BCUT2D eigenvalue weighted by molar-refractivity contribution is -0.119. The van der Waals surface area contributed by atoms with Gasteiger partial charge in [0.05, 0.1) is 6.61 Å². The number of anilines is 2. The van der Waals surface area contributed by atoms with Crippen LogP contribution in [0.25, 0.3) is 0 Å². The van der Waals surface area contributed by atoms with Crippen molar-refractivity contribution in [1.29, 1.82) is 0 Å². The van der Waals surface area contributed by atoms with Crippen molar-refractivity contribution < 1.29 is 14.3 Å². The van der Waals surface area contributed by atoms with Crippen LogP contribution in [0.5, 0.6) is 5.75 Å². The number of carbonyl (C=O) groups excluding carboxylic acids is 2. The molecule has 5 heteroatoms. The predicted octanol–water partition coefficient (Wildman–Crippen LogP) is 3.71. The average Bonchev–Trinajstić information content (AvgIpc) is 2.70. The maximum atomic E-state index is 12.6. The molecule has 0 unspecified atom stereocenters. The number of benzene rings is 2. The normalized spacial score (nSPS) is 15.6. The Morgan fingerprint density at radius 3 is 2.89 bits per heavy atom.